The molecule has 2 heterocycles. The van der Waals surface area contributed by atoms with Gasteiger partial charge in [0, 0.05) is 18.7 Å². The van der Waals surface area contributed by atoms with Crippen LogP contribution in [0.25, 0.3) is 11.3 Å². The summed E-state index contributed by atoms with van der Waals surface area (Å²) in [7, 11) is 0. The van der Waals surface area contributed by atoms with Gasteiger partial charge in [0.1, 0.15) is 4.88 Å². The summed E-state index contributed by atoms with van der Waals surface area (Å²) < 4.78 is 0. The van der Waals surface area contributed by atoms with Crippen LogP contribution in [0.1, 0.15) is 29.4 Å². The molecule has 0 aliphatic carbocycles. The maximum Gasteiger partial charge on any atom is 0.348 e. The van der Waals surface area contributed by atoms with Crippen molar-refractivity contribution in [3.8, 4) is 11.3 Å². The summed E-state index contributed by atoms with van der Waals surface area (Å²) in [5.74, 6) is -0.203. The zero-order chi connectivity index (χ0) is 14.8. The minimum absolute atomic E-state index is 0.330. The van der Waals surface area contributed by atoms with E-state index in [0.717, 1.165) is 23.8 Å². The van der Waals surface area contributed by atoms with E-state index in [1.54, 1.807) is 0 Å². The number of thiazole rings is 1. The first-order valence-corrected chi connectivity index (χ1v) is 8.05. The van der Waals surface area contributed by atoms with Gasteiger partial charge in [-0.15, -0.1) is 0 Å². The molecule has 0 spiro atoms. The van der Waals surface area contributed by atoms with Gasteiger partial charge in [-0.3, -0.25) is 0 Å². The van der Waals surface area contributed by atoms with Crippen LogP contribution < -0.4 is 4.90 Å². The molecule has 1 aliphatic heterocycles. The van der Waals surface area contributed by atoms with Crippen molar-refractivity contribution in [2.45, 2.75) is 19.8 Å². The fourth-order valence-corrected chi connectivity index (χ4v) is 3.68. The number of carboxylic acids is 1. The molecule has 1 N–H and O–H groups in total. The van der Waals surface area contributed by atoms with Crippen molar-refractivity contribution in [3.05, 3.63) is 35.2 Å². The monoisotopic (exact) mass is 302 g/mol. The molecule has 0 amide bonds. The number of aromatic carboxylic acids is 1. The molecule has 0 radical (unpaired) electrons. The highest BCUT2D eigenvalue weighted by molar-refractivity contribution is 7.17. The highest BCUT2D eigenvalue weighted by Gasteiger charge is 2.26. The smallest absolute Gasteiger partial charge is 0.348 e. The molecule has 0 saturated carbocycles. The average molecular weight is 302 g/mol. The molecule has 3 rings (SSSR count). The fraction of sp³-hybridized carbons (Fsp3) is 0.375. The predicted molar refractivity (Wildman–Crippen MR) is 85.1 cm³/mol. The normalized spacial score (nSPS) is 18.1. The zero-order valence-corrected chi connectivity index (χ0v) is 12.8. The molecule has 1 aromatic heterocycles. The Morgan fingerprint density at radius 1 is 1.43 bits per heavy atom. The number of nitrogens with zero attached hydrogens (tertiary/aromatic N) is 2. The van der Waals surface area contributed by atoms with Crippen LogP contribution >= 0.6 is 11.3 Å². The number of hydrogen-bond donors (Lipinski definition) is 1. The Kier molecular flexibility index (Phi) is 3.92. The van der Waals surface area contributed by atoms with Crippen molar-refractivity contribution in [2.24, 2.45) is 5.92 Å². The molecule has 1 unspecified atom stereocenters. The van der Waals surface area contributed by atoms with Crippen LogP contribution in [0, 0.1) is 5.92 Å². The predicted octanol–water partition coefficient (Wildman–Crippen LogP) is 3.74. The van der Waals surface area contributed by atoms with Crippen LogP contribution in [0.3, 0.4) is 0 Å². The Morgan fingerprint density at radius 2 is 2.19 bits per heavy atom. The molecule has 0 bridgehead atoms. The lowest BCUT2D eigenvalue weighted by Crippen LogP contribution is -2.19. The number of carbonyl (C=O) groups is 1. The first-order chi connectivity index (χ1) is 10.2. The van der Waals surface area contributed by atoms with Crippen LogP contribution in [0.5, 0.6) is 0 Å². The highest BCUT2D eigenvalue weighted by atomic mass is 32.1. The fourth-order valence-electron chi connectivity index (χ4n) is 2.72. The summed E-state index contributed by atoms with van der Waals surface area (Å²) in [4.78, 5) is 18.7. The first kappa shape index (κ1) is 14.1. The Labute approximate surface area is 128 Å². The van der Waals surface area contributed by atoms with E-state index >= 15 is 0 Å². The van der Waals surface area contributed by atoms with E-state index in [1.807, 2.05) is 30.3 Å². The van der Waals surface area contributed by atoms with Crippen LogP contribution in [-0.2, 0) is 0 Å². The van der Waals surface area contributed by atoms with Crippen molar-refractivity contribution in [3.63, 3.8) is 0 Å². The van der Waals surface area contributed by atoms with Gasteiger partial charge in [-0.05, 0) is 12.3 Å². The van der Waals surface area contributed by atoms with Crippen molar-refractivity contribution in [1.82, 2.24) is 4.98 Å². The summed E-state index contributed by atoms with van der Waals surface area (Å²) in [6.45, 7) is 4.16. The quantitative estimate of drug-likeness (QED) is 0.934. The molecule has 1 saturated heterocycles. The SMILES string of the molecule is CCC1CCN(c2nc(-c3ccccc3)c(C(=O)O)s2)C1. The molecule has 5 heteroatoms. The summed E-state index contributed by atoms with van der Waals surface area (Å²) in [5, 5.41) is 10.3. The highest BCUT2D eigenvalue weighted by Crippen LogP contribution is 2.35. The number of aromatic nitrogens is 1. The van der Waals surface area contributed by atoms with Crippen molar-refractivity contribution < 1.29 is 9.90 Å². The molecule has 21 heavy (non-hydrogen) atoms. The molecule has 1 fully saturated rings. The largest absolute Gasteiger partial charge is 0.477 e. The van der Waals surface area contributed by atoms with Gasteiger partial charge in [-0.25, -0.2) is 9.78 Å². The van der Waals surface area contributed by atoms with Crippen LogP contribution in [0.2, 0.25) is 0 Å². The first-order valence-electron chi connectivity index (χ1n) is 7.23. The zero-order valence-electron chi connectivity index (χ0n) is 12.0. The van der Waals surface area contributed by atoms with Gasteiger partial charge in [-0.1, -0.05) is 55.0 Å². The van der Waals surface area contributed by atoms with Gasteiger partial charge in [0.25, 0.3) is 0 Å². The Morgan fingerprint density at radius 3 is 2.81 bits per heavy atom. The molecule has 2 aromatic rings. The van der Waals surface area contributed by atoms with Crippen LogP contribution in [0.15, 0.2) is 30.3 Å². The van der Waals surface area contributed by atoms with Crippen LogP contribution in [0.4, 0.5) is 5.13 Å². The second kappa shape index (κ2) is 5.85. The van der Waals surface area contributed by atoms with E-state index in [-0.39, 0.29) is 0 Å². The van der Waals surface area contributed by atoms with Gasteiger partial charge in [0.05, 0.1) is 5.69 Å². The molecular formula is C16H18N2O2S. The van der Waals surface area contributed by atoms with E-state index in [4.69, 9.17) is 0 Å². The van der Waals surface area contributed by atoms with Gasteiger partial charge >= 0.3 is 5.97 Å². The lowest BCUT2D eigenvalue weighted by molar-refractivity contribution is 0.0702. The number of carboxylic acid groups (broad SMARTS) is 1. The van der Waals surface area contributed by atoms with E-state index in [2.05, 4.69) is 16.8 Å². The second-order valence-electron chi connectivity index (χ2n) is 5.35. The van der Waals surface area contributed by atoms with Gasteiger partial charge in [0.15, 0.2) is 5.13 Å². The summed E-state index contributed by atoms with van der Waals surface area (Å²) >= 11 is 1.29. The summed E-state index contributed by atoms with van der Waals surface area (Å²) in [5.41, 5.74) is 1.45. The molecular weight excluding hydrogens is 284 g/mol. The van der Waals surface area contributed by atoms with Crippen molar-refractivity contribution >= 4 is 22.4 Å². The lowest BCUT2D eigenvalue weighted by atomic mass is 10.1. The number of hydrogen-bond acceptors (Lipinski definition) is 4. The van der Waals surface area contributed by atoms with Crippen molar-refractivity contribution in [1.29, 1.82) is 0 Å². The Bertz CT molecular complexity index is 639. The Hall–Kier alpha value is -1.88. The lowest BCUT2D eigenvalue weighted by Gasteiger charge is -2.13. The minimum atomic E-state index is -0.899. The van der Waals surface area contributed by atoms with Crippen LogP contribution in [-0.4, -0.2) is 29.1 Å². The van der Waals surface area contributed by atoms with Crippen molar-refractivity contribution in [2.75, 3.05) is 18.0 Å². The molecule has 1 aliphatic rings. The average Bonchev–Trinajstić information content (AvgIpc) is 3.14. The molecule has 1 atom stereocenters. The van der Waals surface area contributed by atoms with E-state index < -0.39 is 5.97 Å². The topological polar surface area (TPSA) is 53.4 Å². The number of anilines is 1. The molecule has 110 valence electrons. The maximum atomic E-state index is 11.5. The molecule has 1 aromatic carbocycles. The Balaban J connectivity index is 1.96. The standard InChI is InChI=1S/C16H18N2O2S/c1-2-11-8-9-18(10-11)16-17-13(14(21-16)15(19)20)12-6-4-3-5-7-12/h3-7,11H,2,8-10H2,1H3,(H,19,20). The third kappa shape index (κ3) is 2.78. The van der Waals surface area contributed by atoms with E-state index in [0.29, 0.717) is 16.5 Å². The number of rotatable bonds is 4. The number of benzene rings is 1. The van der Waals surface area contributed by atoms with E-state index in [1.165, 1.54) is 24.2 Å². The van der Waals surface area contributed by atoms with E-state index in [9.17, 15) is 9.90 Å². The second-order valence-corrected chi connectivity index (χ2v) is 6.33. The van der Waals surface area contributed by atoms with Gasteiger partial charge < -0.3 is 10.0 Å². The molecule has 4 nitrogen and oxygen atoms in total. The van der Waals surface area contributed by atoms with Gasteiger partial charge in [-0.2, -0.15) is 0 Å². The minimum Gasteiger partial charge on any atom is -0.477 e. The van der Waals surface area contributed by atoms with Gasteiger partial charge in [0.2, 0.25) is 0 Å². The third-order valence-electron chi connectivity index (χ3n) is 3.99. The third-order valence-corrected chi connectivity index (χ3v) is 5.10. The summed E-state index contributed by atoms with van der Waals surface area (Å²) in [6.07, 6.45) is 2.33. The maximum absolute atomic E-state index is 11.5. The summed E-state index contributed by atoms with van der Waals surface area (Å²) in [6, 6.07) is 9.55.